The molecule has 0 bridgehead atoms. The fourth-order valence-corrected chi connectivity index (χ4v) is 4.85. The second-order valence-electron chi connectivity index (χ2n) is 9.46. The van der Waals surface area contributed by atoms with Gasteiger partial charge in [0.15, 0.2) is 0 Å². The first-order valence-corrected chi connectivity index (χ1v) is 13.1. The number of ether oxygens (including phenoxy) is 2. The van der Waals surface area contributed by atoms with Crippen molar-refractivity contribution in [2.75, 3.05) is 6.61 Å². The number of carboxylic acids is 1. The topological polar surface area (TPSA) is 73.6 Å². The maximum absolute atomic E-state index is 11.5. The standard InChI is InChI=1S/C30H30Cl2N2O4/c1-18(2)24-16-33-34(29-25(31)6-5-7-26(29)32)27(24)17-38-22-10-9-21(20(4)15-22)12-13-37-28-11-8-19(3)14-23(28)30(35)36/h5-11,14-16,18H,12-13,17H2,1-4H3,(H,35,36). The van der Waals surface area contributed by atoms with Gasteiger partial charge in [-0.15, -0.1) is 0 Å². The lowest BCUT2D eigenvalue weighted by atomic mass is 10.0. The van der Waals surface area contributed by atoms with E-state index in [1.807, 2.05) is 44.3 Å². The van der Waals surface area contributed by atoms with Gasteiger partial charge in [0.05, 0.1) is 28.5 Å². The fraction of sp³-hybridized carbons (Fsp3) is 0.267. The summed E-state index contributed by atoms with van der Waals surface area (Å²) in [7, 11) is 0. The van der Waals surface area contributed by atoms with E-state index in [-0.39, 0.29) is 11.5 Å². The lowest BCUT2D eigenvalue weighted by Gasteiger charge is -2.16. The number of hydrogen-bond donors (Lipinski definition) is 1. The molecule has 1 N–H and O–H groups in total. The molecule has 0 unspecified atom stereocenters. The molecule has 8 heteroatoms. The molecule has 0 atom stereocenters. The Labute approximate surface area is 232 Å². The molecule has 0 spiro atoms. The largest absolute Gasteiger partial charge is 0.492 e. The first kappa shape index (κ1) is 27.6. The minimum Gasteiger partial charge on any atom is -0.492 e. The van der Waals surface area contributed by atoms with E-state index in [0.717, 1.165) is 33.7 Å². The summed E-state index contributed by atoms with van der Waals surface area (Å²) < 4.78 is 13.8. The smallest absolute Gasteiger partial charge is 0.339 e. The quantitative estimate of drug-likeness (QED) is 0.217. The lowest BCUT2D eigenvalue weighted by molar-refractivity contribution is 0.0692. The van der Waals surface area contributed by atoms with Gasteiger partial charge in [0.25, 0.3) is 0 Å². The molecular weight excluding hydrogens is 523 g/mol. The number of halogens is 2. The van der Waals surface area contributed by atoms with Crippen LogP contribution in [0.25, 0.3) is 5.69 Å². The van der Waals surface area contributed by atoms with E-state index in [4.69, 9.17) is 32.7 Å². The molecule has 1 heterocycles. The lowest BCUT2D eigenvalue weighted by Crippen LogP contribution is -2.10. The number of carbonyl (C=O) groups is 1. The molecule has 6 nitrogen and oxygen atoms in total. The SMILES string of the molecule is Cc1ccc(OCCc2ccc(OCc3c(C(C)C)cnn3-c3c(Cl)cccc3Cl)cc2C)c(C(=O)O)c1. The van der Waals surface area contributed by atoms with E-state index < -0.39 is 5.97 Å². The van der Waals surface area contributed by atoms with E-state index in [2.05, 4.69) is 18.9 Å². The highest BCUT2D eigenvalue weighted by molar-refractivity contribution is 6.37. The van der Waals surface area contributed by atoms with Gasteiger partial charge in [0, 0.05) is 6.42 Å². The summed E-state index contributed by atoms with van der Waals surface area (Å²) >= 11 is 12.9. The fourth-order valence-electron chi connectivity index (χ4n) is 4.30. The maximum Gasteiger partial charge on any atom is 0.339 e. The van der Waals surface area contributed by atoms with Gasteiger partial charge in [-0.2, -0.15) is 5.10 Å². The third kappa shape index (κ3) is 6.14. The van der Waals surface area contributed by atoms with Crippen LogP contribution in [0.1, 0.15) is 58.1 Å². The van der Waals surface area contributed by atoms with E-state index >= 15 is 0 Å². The van der Waals surface area contributed by atoms with Gasteiger partial charge < -0.3 is 14.6 Å². The van der Waals surface area contributed by atoms with E-state index in [0.29, 0.717) is 41.1 Å². The maximum atomic E-state index is 11.5. The van der Waals surface area contributed by atoms with Crippen LogP contribution >= 0.6 is 23.2 Å². The van der Waals surface area contributed by atoms with E-state index in [1.54, 1.807) is 35.0 Å². The highest BCUT2D eigenvalue weighted by Gasteiger charge is 2.19. The number of aromatic carboxylic acids is 1. The predicted octanol–water partition coefficient (Wildman–Crippen LogP) is 7.82. The van der Waals surface area contributed by atoms with Crippen LogP contribution in [0, 0.1) is 13.8 Å². The molecular formula is C30H30Cl2N2O4. The first-order valence-electron chi connectivity index (χ1n) is 12.4. The number of carboxylic acid groups (broad SMARTS) is 1. The van der Waals surface area contributed by atoms with Crippen molar-refractivity contribution in [3.8, 4) is 17.2 Å². The summed E-state index contributed by atoms with van der Waals surface area (Å²) in [6.45, 7) is 8.74. The van der Waals surface area contributed by atoms with Crippen LogP contribution < -0.4 is 9.47 Å². The van der Waals surface area contributed by atoms with Crippen molar-refractivity contribution in [1.82, 2.24) is 9.78 Å². The summed E-state index contributed by atoms with van der Waals surface area (Å²) in [5.74, 6) is 0.339. The van der Waals surface area contributed by atoms with Gasteiger partial charge in [-0.05, 0) is 72.9 Å². The summed E-state index contributed by atoms with van der Waals surface area (Å²) in [6.07, 6.45) is 2.47. The van der Waals surface area contributed by atoms with Crippen molar-refractivity contribution in [3.05, 3.63) is 104 Å². The van der Waals surface area contributed by atoms with Gasteiger partial charge in [-0.3, -0.25) is 0 Å². The molecule has 4 aromatic rings. The van der Waals surface area contributed by atoms with Crippen molar-refractivity contribution < 1.29 is 19.4 Å². The molecule has 0 amide bonds. The number of nitrogens with zero attached hydrogens (tertiary/aromatic N) is 2. The summed E-state index contributed by atoms with van der Waals surface area (Å²) in [5.41, 5.74) is 5.77. The highest BCUT2D eigenvalue weighted by Crippen LogP contribution is 2.32. The van der Waals surface area contributed by atoms with Crippen molar-refractivity contribution in [2.45, 2.75) is 46.6 Å². The molecule has 0 aliphatic carbocycles. The zero-order chi connectivity index (χ0) is 27.4. The number of aromatic nitrogens is 2. The third-order valence-electron chi connectivity index (χ3n) is 6.36. The minimum atomic E-state index is -1.000. The van der Waals surface area contributed by atoms with Crippen molar-refractivity contribution in [1.29, 1.82) is 0 Å². The summed E-state index contributed by atoms with van der Waals surface area (Å²) in [6, 6.07) is 16.5. The van der Waals surface area contributed by atoms with Crippen LogP contribution in [0.3, 0.4) is 0 Å². The normalized spacial score (nSPS) is 11.1. The molecule has 1 aromatic heterocycles. The monoisotopic (exact) mass is 552 g/mol. The number of benzene rings is 3. The van der Waals surface area contributed by atoms with E-state index in [1.165, 1.54) is 0 Å². The van der Waals surface area contributed by atoms with E-state index in [9.17, 15) is 9.90 Å². The molecule has 4 rings (SSSR count). The van der Waals surface area contributed by atoms with Crippen molar-refractivity contribution in [2.24, 2.45) is 0 Å². The Bertz CT molecular complexity index is 1440. The van der Waals surface area contributed by atoms with Crippen molar-refractivity contribution in [3.63, 3.8) is 0 Å². The van der Waals surface area contributed by atoms with Gasteiger partial charge in [0.2, 0.25) is 0 Å². The third-order valence-corrected chi connectivity index (χ3v) is 6.97. The van der Waals surface area contributed by atoms with Gasteiger partial charge in [-0.25, -0.2) is 9.48 Å². The van der Waals surface area contributed by atoms with Gasteiger partial charge in [-0.1, -0.05) is 60.8 Å². The number of hydrogen-bond acceptors (Lipinski definition) is 4. The zero-order valence-corrected chi connectivity index (χ0v) is 23.3. The van der Waals surface area contributed by atoms with Crippen molar-refractivity contribution >= 4 is 29.2 Å². The molecule has 0 saturated carbocycles. The van der Waals surface area contributed by atoms with Crippen LogP contribution in [0.5, 0.6) is 11.5 Å². The average Bonchev–Trinajstić information content (AvgIpc) is 3.28. The second kappa shape index (κ2) is 11.9. The molecule has 0 aliphatic heterocycles. The van der Waals surface area contributed by atoms with Crippen LogP contribution in [0.15, 0.2) is 60.8 Å². The molecule has 38 heavy (non-hydrogen) atoms. The highest BCUT2D eigenvalue weighted by atomic mass is 35.5. The van der Waals surface area contributed by atoms with Crippen LogP contribution in [0.2, 0.25) is 10.0 Å². The van der Waals surface area contributed by atoms with Gasteiger partial charge >= 0.3 is 5.97 Å². The second-order valence-corrected chi connectivity index (χ2v) is 10.3. The number of rotatable bonds is 10. The Hall–Kier alpha value is -3.48. The summed E-state index contributed by atoms with van der Waals surface area (Å²) in [4.78, 5) is 11.5. The molecule has 0 aliphatic rings. The molecule has 0 fully saturated rings. The number of para-hydroxylation sites is 1. The Kier molecular flexibility index (Phi) is 8.65. The molecule has 0 radical (unpaired) electrons. The Morgan fingerprint density at radius 1 is 1.03 bits per heavy atom. The number of aryl methyl sites for hydroxylation is 2. The molecule has 198 valence electrons. The Balaban J connectivity index is 1.46. The van der Waals surface area contributed by atoms with Crippen LogP contribution in [-0.4, -0.2) is 27.5 Å². The Morgan fingerprint density at radius 2 is 1.76 bits per heavy atom. The Morgan fingerprint density at radius 3 is 2.42 bits per heavy atom. The minimum absolute atomic E-state index is 0.170. The molecule has 3 aromatic carbocycles. The van der Waals surface area contributed by atoms with Crippen LogP contribution in [-0.2, 0) is 13.0 Å². The average molecular weight is 553 g/mol. The summed E-state index contributed by atoms with van der Waals surface area (Å²) in [5, 5.41) is 15.0. The van der Waals surface area contributed by atoms with Crippen LogP contribution in [0.4, 0.5) is 0 Å². The first-order chi connectivity index (χ1) is 18.2. The van der Waals surface area contributed by atoms with Gasteiger partial charge in [0.1, 0.15) is 29.4 Å². The zero-order valence-electron chi connectivity index (χ0n) is 21.8. The predicted molar refractivity (Wildman–Crippen MR) is 151 cm³/mol. The molecule has 0 saturated heterocycles.